The van der Waals surface area contributed by atoms with Crippen LogP contribution in [0.5, 0.6) is 0 Å². The van der Waals surface area contributed by atoms with E-state index in [1.54, 1.807) is 0 Å². The van der Waals surface area contributed by atoms with Crippen molar-refractivity contribution in [1.82, 2.24) is 4.90 Å². The number of halogens is 2. The molecule has 0 bridgehead atoms. The van der Waals surface area contributed by atoms with Crippen LogP contribution < -0.4 is 5.73 Å². The Morgan fingerprint density at radius 2 is 2.09 bits per heavy atom. The highest BCUT2D eigenvalue weighted by molar-refractivity contribution is 5.85. The van der Waals surface area contributed by atoms with Crippen LogP contribution >= 0.6 is 24.8 Å². The van der Waals surface area contributed by atoms with E-state index in [1.165, 1.54) is 0 Å². The Balaban J connectivity index is 0. The van der Waals surface area contributed by atoms with E-state index in [2.05, 4.69) is 4.90 Å². The van der Waals surface area contributed by atoms with Crippen LogP contribution in [0.4, 0.5) is 0 Å². The molecule has 1 unspecified atom stereocenters. The summed E-state index contributed by atoms with van der Waals surface area (Å²) >= 11 is 0. The topological polar surface area (TPSA) is 49.5 Å². The van der Waals surface area contributed by atoms with E-state index < -0.39 is 0 Å². The summed E-state index contributed by atoms with van der Waals surface area (Å²) in [6, 6.07) is 0. The Bertz CT molecular complexity index is 92.7. The molecule has 1 fully saturated rings. The zero-order valence-corrected chi connectivity index (χ0v) is 8.03. The third-order valence-electron chi connectivity index (χ3n) is 1.69. The van der Waals surface area contributed by atoms with Crippen molar-refractivity contribution < 1.29 is 5.11 Å². The fraction of sp³-hybridized carbons (Fsp3) is 1.00. The highest BCUT2D eigenvalue weighted by Crippen LogP contribution is 2.06. The van der Waals surface area contributed by atoms with Crippen LogP contribution in [0.3, 0.4) is 0 Å². The van der Waals surface area contributed by atoms with Crippen molar-refractivity contribution >= 4 is 24.8 Å². The van der Waals surface area contributed by atoms with Crippen molar-refractivity contribution in [2.75, 3.05) is 26.2 Å². The number of aliphatic hydroxyl groups is 1. The number of aliphatic hydroxyl groups excluding tert-OH is 1. The van der Waals surface area contributed by atoms with E-state index in [0.717, 1.165) is 26.1 Å². The smallest absolute Gasteiger partial charge is 0.0679 e. The molecule has 1 rings (SSSR count). The molecule has 1 saturated heterocycles. The zero-order valence-electron chi connectivity index (χ0n) is 6.40. The van der Waals surface area contributed by atoms with Crippen molar-refractivity contribution in [3.05, 3.63) is 0 Å². The monoisotopic (exact) mass is 202 g/mol. The molecule has 0 amide bonds. The molecule has 11 heavy (non-hydrogen) atoms. The maximum atomic E-state index is 9.04. The van der Waals surface area contributed by atoms with Gasteiger partial charge < -0.3 is 10.8 Å². The van der Waals surface area contributed by atoms with E-state index in [9.17, 15) is 0 Å². The van der Waals surface area contributed by atoms with Crippen LogP contribution in [-0.4, -0.2) is 42.3 Å². The fourth-order valence-corrected chi connectivity index (χ4v) is 1.20. The standard InChI is InChI=1S/C6H14N2O.2ClH/c7-2-4-8-3-1-6(9)5-8;;/h6,9H,1-5,7H2;2*1H. The third-order valence-corrected chi connectivity index (χ3v) is 1.69. The summed E-state index contributed by atoms with van der Waals surface area (Å²) < 4.78 is 0. The number of hydrogen-bond acceptors (Lipinski definition) is 3. The Kier molecular flexibility index (Phi) is 9.08. The average molecular weight is 203 g/mol. The molecule has 3 nitrogen and oxygen atoms in total. The summed E-state index contributed by atoms with van der Waals surface area (Å²) in [5.74, 6) is 0. The first-order valence-corrected chi connectivity index (χ1v) is 3.43. The highest BCUT2D eigenvalue weighted by atomic mass is 35.5. The maximum absolute atomic E-state index is 9.04. The number of hydrogen-bond donors (Lipinski definition) is 2. The molecular formula is C6H16Cl2N2O. The van der Waals surface area contributed by atoms with Gasteiger partial charge >= 0.3 is 0 Å². The normalized spacial score (nSPS) is 24.0. The molecule has 0 aromatic heterocycles. The summed E-state index contributed by atoms with van der Waals surface area (Å²) in [6.45, 7) is 3.46. The van der Waals surface area contributed by atoms with Gasteiger partial charge in [0.2, 0.25) is 0 Å². The molecule has 0 aliphatic carbocycles. The molecule has 3 N–H and O–H groups in total. The SMILES string of the molecule is Cl.Cl.NCCN1CCC(O)C1. The van der Waals surface area contributed by atoms with Crippen LogP contribution in [0.1, 0.15) is 6.42 Å². The lowest BCUT2D eigenvalue weighted by Gasteiger charge is -2.11. The number of likely N-dealkylation sites (tertiary alicyclic amines) is 1. The second-order valence-electron chi connectivity index (χ2n) is 2.53. The van der Waals surface area contributed by atoms with Crippen LogP contribution in [0.25, 0.3) is 0 Å². The molecule has 1 atom stereocenters. The number of nitrogens with zero attached hydrogens (tertiary/aromatic N) is 1. The maximum Gasteiger partial charge on any atom is 0.0679 e. The van der Waals surface area contributed by atoms with Gasteiger partial charge in [0, 0.05) is 26.2 Å². The largest absolute Gasteiger partial charge is 0.392 e. The van der Waals surface area contributed by atoms with Gasteiger partial charge in [-0.1, -0.05) is 0 Å². The molecule has 0 aromatic rings. The molecule has 1 aliphatic heterocycles. The third kappa shape index (κ3) is 4.82. The van der Waals surface area contributed by atoms with Crippen molar-refractivity contribution in [3.8, 4) is 0 Å². The lowest BCUT2D eigenvalue weighted by Crippen LogP contribution is -2.27. The number of nitrogens with two attached hydrogens (primary N) is 1. The van der Waals surface area contributed by atoms with Crippen LogP contribution in [0, 0.1) is 0 Å². The lowest BCUT2D eigenvalue weighted by molar-refractivity contribution is 0.177. The molecule has 1 aliphatic rings. The highest BCUT2D eigenvalue weighted by Gasteiger charge is 2.18. The first-order valence-electron chi connectivity index (χ1n) is 3.43. The molecule has 5 heteroatoms. The van der Waals surface area contributed by atoms with Gasteiger partial charge in [0.15, 0.2) is 0 Å². The van der Waals surface area contributed by atoms with Gasteiger partial charge in [-0.3, -0.25) is 4.90 Å². The van der Waals surface area contributed by atoms with Crippen molar-refractivity contribution in [2.45, 2.75) is 12.5 Å². The molecule has 0 aromatic carbocycles. The second-order valence-corrected chi connectivity index (χ2v) is 2.53. The van der Waals surface area contributed by atoms with E-state index in [0.29, 0.717) is 6.54 Å². The summed E-state index contributed by atoms with van der Waals surface area (Å²) in [7, 11) is 0. The Morgan fingerprint density at radius 3 is 2.45 bits per heavy atom. The lowest BCUT2D eigenvalue weighted by atomic mass is 10.3. The quantitative estimate of drug-likeness (QED) is 0.656. The van der Waals surface area contributed by atoms with Crippen molar-refractivity contribution in [2.24, 2.45) is 5.73 Å². The molecule has 0 spiro atoms. The van der Waals surface area contributed by atoms with Crippen LogP contribution in [-0.2, 0) is 0 Å². The Labute approximate surface area is 79.8 Å². The van der Waals surface area contributed by atoms with Gasteiger partial charge in [0.05, 0.1) is 6.10 Å². The van der Waals surface area contributed by atoms with Crippen LogP contribution in [0.15, 0.2) is 0 Å². The summed E-state index contributed by atoms with van der Waals surface area (Å²) in [5.41, 5.74) is 5.33. The number of rotatable bonds is 2. The molecular weight excluding hydrogens is 187 g/mol. The Morgan fingerprint density at radius 1 is 1.45 bits per heavy atom. The van der Waals surface area contributed by atoms with Gasteiger partial charge in [0.1, 0.15) is 0 Å². The number of β-amino-alcohol motifs (C(OH)–C–C–N with tert-alkyl or cyclic N) is 1. The molecule has 0 radical (unpaired) electrons. The molecule has 0 saturated carbocycles. The predicted molar refractivity (Wildman–Crippen MR) is 50.6 cm³/mol. The summed E-state index contributed by atoms with van der Waals surface area (Å²) in [4.78, 5) is 2.19. The van der Waals surface area contributed by atoms with Gasteiger partial charge in [0.25, 0.3) is 0 Å². The zero-order chi connectivity index (χ0) is 6.69. The molecule has 70 valence electrons. The minimum absolute atomic E-state index is 0. The van der Waals surface area contributed by atoms with E-state index in [1.807, 2.05) is 0 Å². The summed E-state index contributed by atoms with van der Waals surface area (Å²) in [6.07, 6.45) is 0.816. The Hall–Kier alpha value is 0.460. The first-order chi connectivity index (χ1) is 4.33. The second kappa shape index (κ2) is 7.13. The van der Waals surface area contributed by atoms with Gasteiger partial charge in [-0.2, -0.15) is 0 Å². The fourth-order valence-electron chi connectivity index (χ4n) is 1.20. The minimum atomic E-state index is -0.100. The van der Waals surface area contributed by atoms with Crippen molar-refractivity contribution in [1.29, 1.82) is 0 Å². The predicted octanol–water partition coefficient (Wildman–Crippen LogP) is -0.145. The first kappa shape index (κ1) is 14.0. The minimum Gasteiger partial charge on any atom is -0.392 e. The average Bonchev–Trinajstić information content (AvgIpc) is 2.17. The van der Waals surface area contributed by atoms with Gasteiger partial charge in [-0.05, 0) is 6.42 Å². The van der Waals surface area contributed by atoms with Crippen molar-refractivity contribution in [3.63, 3.8) is 0 Å². The van der Waals surface area contributed by atoms with E-state index in [-0.39, 0.29) is 30.9 Å². The van der Waals surface area contributed by atoms with Gasteiger partial charge in [-0.15, -0.1) is 24.8 Å². The van der Waals surface area contributed by atoms with Gasteiger partial charge in [-0.25, -0.2) is 0 Å². The molecule has 1 heterocycles. The van der Waals surface area contributed by atoms with E-state index in [4.69, 9.17) is 10.8 Å². The van der Waals surface area contributed by atoms with Crippen LogP contribution in [0.2, 0.25) is 0 Å². The summed E-state index contributed by atoms with van der Waals surface area (Å²) in [5, 5.41) is 9.04. The van der Waals surface area contributed by atoms with E-state index >= 15 is 0 Å².